The van der Waals surface area contributed by atoms with Crippen LogP contribution < -0.4 is 0 Å². The minimum absolute atomic E-state index is 0.158. The lowest BCUT2D eigenvalue weighted by Gasteiger charge is -2.15. The van der Waals surface area contributed by atoms with E-state index in [2.05, 4.69) is 25.3 Å². The molecule has 1 unspecified atom stereocenters. The largest absolute Gasteiger partial charge is 0.354 e. The van der Waals surface area contributed by atoms with Crippen molar-refractivity contribution in [2.24, 2.45) is 0 Å². The molecule has 0 spiro atoms. The van der Waals surface area contributed by atoms with Gasteiger partial charge in [-0.3, -0.25) is 0 Å². The average molecular weight is 407 g/mol. The van der Waals surface area contributed by atoms with Gasteiger partial charge in [-0.25, -0.2) is 18.7 Å². The van der Waals surface area contributed by atoms with Gasteiger partial charge < -0.3 is 4.52 Å². The van der Waals surface area contributed by atoms with Crippen LogP contribution in [0.5, 0.6) is 0 Å². The number of benzene rings is 1. The van der Waals surface area contributed by atoms with Gasteiger partial charge >= 0.3 is 0 Å². The smallest absolute Gasteiger partial charge is 0.185 e. The van der Waals surface area contributed by atoms with E-state index < -0.39 is 11.6 Å². The van der Waals surface area contributed by atoms with E-state index in [0.717, 1.165) is 11.3 Å². The van der Waals surface area contributed by atoms with E-state index in [-0.39, 0.29) is 17.2 Å². The number of nitrogens with zero attached hydrogens (tertiary/aromatic N) is 5. The molecule has 0 aliphatic rings. The first-order chi connectivity index (χ1) is 14.5. The second-order valence-corrected chi connectivity index (χ2v) is 6.94. The summed E-state index contributed by atoms with van der Waals surface area (Å²) in [6.07, 6.45) is 2.26. The Hall–Kier alpha value is -3.55. The molecule has 0 saturated heterocycles. The van der Waals surface area contributed by atoms with Crippen LogP contribution in [0.3, 0.4) is 0 Å². The molecule has 1 atom stereocenters. The Bertz CT molecular complexity index is 1190. The van der Waals surface area contributed by atoms with Crippen LogP contribution in [-0.2, 0) is 6.42 Å². The van der Waals surface area contributed by atoms with Crippen LogP contribution in [0.2, 0.25) is 0 Å². The molecule has 0 fully saturated rings. The van der Waals surface area contributed by atoms with E-state index in [0.29, 0.717) is 29.4 Å². The summed E-state index contributed by atoms with van der Waals surface area (Å²) in [6.45, 7) is 5.70. The fraction of sp³-hybridized carbons (Fsp3) is 0.227. The Morgan fingerprint density at radius 2 is 1.80 bits per heavy atom. The van der Waals surface area contributed by atoms with Crippen molar-refractivity contribution >= 4 is 0 Å². The van der Waals surface area contributed by atoms with Crippen molar-refractivity contribution < 1.29 is 13.3 Å². The lowest BCUT2D eigenvalue weighted by Crippen LogP contribution is -2.10. The van der Waals surface area contributed by atoms with Crippen LogP contribution in [0.1, 0.15) is 42.5 Å². The molecular weight excluding hydrogens is 388 g/mol. The number of hydrogen-bond acceptors (Lipinski definition) is 6. The standard InChI is InChI=1S/C22H19F2N5O/c1-4-14-11-18(20-15(23)6-5-7-16(20)24)27-28-21(14)13(3)22-25-9-8-17(26-22)19-10-12(2)29-30-19/h5-11,13H,4H2,1-3H3. The van der Waals surface area contributed by atoms with Crippen molar-refractivity contribution in [3.05, 3.63) is 77.0 Å². The van der Waals surface area contributed by atoms with E-state index in [1.807, 2.05) is 20.8 Å². The highest BCUT2D eigenvalue weighted by molar-refractivity contribution is 5.61. The van der Waals surface area contributed by atoms with Gasteiger partial charge in [-0.1, -0.05) is 18.1 Å². The molecule has 3 heterocycles. The first-order valence-corrected chi connectivity index (χ1v) is 9.55. The van der Waals surface area contributed by atoms with Gasteiger partial charge in [-0.15, -0.1) is 5.10 Å². The molecular formula is C22H19F2N5O. The fourth-order valence-corrected chi connectivity index (χ4v) is 3.28. The molecule has 6 nitrogen and oxygen atoms in total. The predicted molar refractivity (Wildman–Crippen MR) is 107 cm³/mol. The molecule has 4 aromatic rings. The van der Waals surface area contributed by atoms with E-state index in [1.54, 1.807) is 24.4 Å². The minimum Gasteiger partial charge on any atom is -0.354 e. The van der Waals surface area contributed by atoms with Crippen LogP contribution in [0.15, 0.2) is 47.1 Å². The van der Waals surface area contributed by atoms with E-state index in [1.165, 1.54) is 18.2 Å². The number of aromatic nitrogens is 5. The summed E-state index contributed by atoms with van der Waals surface area (Å²) in [5, 5.41) is 12.3. The van der Waals surface area contributed by atoms with Crippen molar-refractivity contribution in [1.82, 2.24) is 25.3 Å². The first-order valence-electron chi connectivity index (χ1n) is 9.55. The van der Waals surface area contributed by atoms with Gasteiger partial charge in [0.15, 0.2) is 5.76 Å². The van der Waals surface area contributed by atoms with Gasteiger partial charge in [0.05, 0.1) is 28.6 Å². The SMILES string of the molecule is CCc1cc(-c2c(F)cccc2F)nnc1C(C)c1nccc(-c2cc(C)no2)n1. The average Bonchev–Trinajstić information content (AvgIpc) is 3.19. The normalized spacial score (nSPS) is 12.2. The minimum atomic E-state index is -0.675. The Balaban J connectivity index is 1.72. The summed E-state index contributed by atoms with van der Waals surface area (Å²) >= 11 is 0. The highest BCUT2D eigenvalue weighted by atomic mass is 19.1. The number of aryl methyl sites for hydroxylation is 2. The lowest BCUT2D eigenvalue weighted by atomic mass is 9.98. The molecule has 0 aliphatic carbocycles. The maximum Gasteiger partial charge on any atom is 0.185 e. The van der Waals surface area contributed by atoms with Crippen LogP contribution >= 0.6 is 0 Å². The summed E-state index contributed by atoms with van der Waals surface area (Å²) < 4.78 is 33.6. The third-order valence-electron chi connectivity index (χ3n) is 4.86. The van der Waals surface area contributed by atoms with Crippen LogP contribution in [-0.4, -0.2) is 25.3 Å². The fourth-order valence-electron chi connectivity index (χ4n) is 3.28. The van der Waals surface area contributed by atoms with Crippen molar-refractivity contribution in [3.8, 4) is 22.7 Å². The Morgan fingerprint density at radius 3 is 2.47 bits per heavy atom. The van der Waals surface area contributed by atoms with Gasteiger partial charge in [0.2, 0.25) is 0 Å². The third-order valence-corrected chi connectivity index (χ3v) is 4.86. The van der Waals surface area contributed by atoms with E-state index in [4.69, 9.17) is 4.52 Å². The molecule has 0 N–H and O–H groups in total. The highest BCUT2D eigenvalue weighted by Crippen LogP contribution is 2.29. The Morgan fingerprint density at radius 1 is 1.03 bits per heavy atom. The van der Waals surface area contributed by atoms with Crippen molar-refractivity contribution in [2.75, 3.05) is 0 Å². The molecule has 30 heavy (non-hydrogen) atoms. The quantitative estimate of drug-likeness (QED) is 0.469. The zero-order valence-electron chi connectivity index (χ0n) is 16.7. The van der Waals surface area contributed by atoms with Gasteiger partial charge in [0.1, 0.15) is 23.2 Å². The molecule has 152 valence electrons. The van der Waals surface area contributed by atoms with E-state index >= 15 is 0 Å². The number of rotatable bonds is 5. The monoisotopic (exact) mass is 407 g/mol. The first kappa shape index (κ1) is 19.8. The van der Waals surface area contributed by atoms with Crippen LogP contribution in [0.25, 0.3) is 22.7 Å². The lowest BCUT2D eigenvalue weighted by molar-refractivity contribution is 0.425. The molecule has 0 radical (unpaired) electrons. The van der Waals surface area contributed by atoms with Crippen molar-refractivity contribution in [3.63, 3.8) is 0 Å². The Labute approximate surface area is 172 Å². The molecule has 0 amide bonds. The molecule has 0 aliphatic heterocycles. The van der Waals surface area contributed by atoms with Gasteiger partial charge in [-0.2, -0.15) is 5.10 Å². The second kappa shape index (κ2) is 8.06. The Kier molecular flexibility index (Phi) is 5.31. The summed E-state index contributed by atoms with van der Waals surface area (Å²) in [5.41, 5.74) is 2.82. The number of hydrogen-bond donors (Lipinski definition) is 0. The maximum absolute atomic E-state index is 14.2. The topological polar surface area (TPSA) is 77.6 Å². The summed E-state index contributed by atoms with van der Waals surface area (Å²) in [7, 11) is 0. The second-order valence-electron chi connectivity index (χ2n) is 6.94. The molecule has 0 saturated carbocycles. The van der Waals surface area contributed by atoms with Gasteiger partial charge in [0, 0.05) is 12.3 Å². The predicted octanol–water partition coefficient (Wildman–Crippen LogP) is 4.89. The van der Waals surface area contributed by atoms with Gasteiger partial charge in [-0.05, 0) is 50.1 Å². The zero-order chi connectivity index (χ0) is 21.3. The maximum atomic E-state index is 14.2. The molecule has 1 aromatic carbocycles. The van der Waals surface area contributed by atoms with Crippen molar-refractivity contribution in [1.29, 1.82) is 0 Å². The van der Waals surface area contributed by atoms with Crippen molar-refractivity contribution in [2.45, 2.75) is 33.1 Å². The molecule has 3 aromatic heterocycles. The number of halogens is 2. The van der Waals surface area contributed by atoms with E-state index in [9.17, 15) is 8.78 Å². The highest BCUT2D eigenvalue weighted by Gasteiger charge is 2.21. The molecule has 8 heteroatoms. The third kappa shape index (κ3) is 3.68. The summed E-state index contributed by atoms with van der Waals surface area (Å²) in [6, 6.07) is 8.93. The molecule has 4 rings (SSSR count). The van der Waals surface area contributed by atoms with Crippen LogP contribution in [0.4, 0.5) is 8.78 Å². The zero-order valence-corrected chi connectivity index (χ0v) is 16.7. The van der Waals surface area contributed by atoms with Crippen LogP contribution in [0, 0.1) is 18.6 Å². The van der Waals surface area contributed by atoms with Gasteiger partial charge in [0.25, 0.3) is 0 Å². The molecule has 0 bridgehead atoms. The summed E-state index contributed by atoms with van der Waals surface area (Å²) in [5.74, 6) is -0.544. The summed E-state index contributed by atoms with van der Waals surface area (Å²) in [4.78, 5) is 8.96.